The maximum absolute atomic E-state index is 12.5. The average molecular weight is 371 g/mol. The minimum Gasteiger partial charge on any atom is -0.360 e. The third-order valence-corrected chi connectivity index (χ3v) is 4.22. The maximum atomic E-state index is 12.5. The Morgan fingerprint density at radius 3 is 2.78 bits per heavy atom. The maximum Gasteiger partial charge on any atom is 0.261 e. The molecule has 3 rings (SSSR count). The highest BCUT2D eigenvalue weighted by molar-refractivity contribution is 9.10. The number of fused-ring (bicyclic) bond motifs is 1. The van der Waals surface area contributed by atoms with Crippen molar-refractivity contribution in [3.8, 4) is 0 Å². The number of anilines is 1. The fourth-order valence-corrected chi connectivity index (χ4v) is 2.91. The highest BCUT2D eigenvalue weighted by Crippen LogP contribution is 2.22. The van der Waals surface area contributed by atoms with Gasteiger partial charge in [0.15, 0.2) is 0 Å². The number of rotatable bonds is 3. The minimum absolute atomic E-state index is 0.105. The molecule has 116 valence electrons. The van der Waals surface area contributed by atoms with Gasteiger partial charge < -0.3 is 10.3 Å². The van der Waals surface area contributed by atoms with Crippen LogP contribution in [0.5, 0.6) is 0 Å². The molecule has 23 heavy (non-hydrogen) atoms. The van der Waals surface area contributed by atoms with E-state index in [1.807, 2.05) is 37.3 Å². The number of carbonyl (C=O) groups excluding carboxylic acids is 1. The van der Waals surface area contributed by atoms with E-state index >= 15 is 0 Å². The highest BCUT2D eigenvalue weighted by atomic mass is 79.9. The van der Waals surface area contributed by atoms with E-state index in [0.29, 0.717) is 16.6 Å². The summed E-state index contributed by atoms with van der Waals surface area (Å²) in [5.41, 5.74) is 2.27. The molecule has 0 unspecified atom stereocenters. The van der Waals surface area contributed by atoms with Gasteiger partial charge in [-0.25, -0.2) is 0 Å². The molecule has 3 aromatic rings. The minimum atomic E-state index is -0.408. The highest BCUT2D eigenvalue weighted by Gasteiger charge is 2.14. The molecule has 0 aliphatic carbocycles. The molecule has 5 heteroatoms. The Kier molecular flexibility index (Phi) is 4.30. The van der Waals surface area contributed by atoms with Gasteiger partial charge in [0.25, 0.3) is 5.91 Å². The zero-order valence-corrected chi connectivity index (χ0v) is 14.1. The quantitative estimate of drug-likeness (QED) is 0.728. The first-order chi connectivity index (χ1) is 11.1. The number of amides is 1. The number of hydrogen-bond donors (Lipinski definition) is 2. The average Bonchev–Trinajstić information content (AvgIpc) is 2.57. The van der Waals surface area contributed by atoms with Crippen LogP contribution in [0.4, 0.5) is 5.69 Å². The molecule has 0 radical (unpaired) electrons. The Hall–Kier alpha value is -2.40. The number of pyridine rings is 1. The zero-order valence-electron chi connectivity index (χ0n) is 12.5. The van der Waals surface area contributed by atoms with Crippen LogP contribution in [0.2, 0.25) is 0 Å². The molecular formula is C18H15BrN2O2. The molecular weight excluding hydrogens is 356 g/mol. The Balaban J connectivity index is 1.98. The summed E-state index contributed by atoms with van der Waals surface area (Å²) >= 11 is 3.42. The van der Waals surface area contributed by atoms with Crippen molar-refractivity contribution < 1.29 is 4.79 Å². The summed E-state index contributed by atoms with van der Waals surface area (Å²) < 4.78 is 0.955. The lowest BCUT2D eigenvalue weighted by atomic mass is 10.1. The molecule has 1 heterocycles. The number of halogens is 1. The number of aromatic nitrogens is 1. The summed E-state index contributed by atoms with van der Waals surface area (Å²) in [6, 6.07) is 12.8. The monoisotopic (exact) mass is 370 g/mol. The third-order valence-electron chi connectivity index (χ3n) is 3.73. The van der Waals surface area contributed by atoms with Crippen molar-refractivity contribution in [3.05, 3.63) is 74.5 Å². The van der Waals surface area contributed by atoms with E-state index in [0.717, 1.165) is 16.5 Å². The molecule has 0 aliphatic rings. The molecule has 0 fully saturated rings. The molecule has 2 aromatic carbocycles. The summed E-state index contributed by atoms with van der Waals surface area (Å²) in [5.74, 6) is -0.408. The summed E-state index contributed by atoms with van der Waals surface area (Å²) in [6.45, 7) is 2.01. The van der Waals surface area contributed by atoms with Crippen molar-refractivity contribution in [1.82, 2.24) is 4.98 Å². The van der Waals surface area contributed by atoms with Crippen molar-refractivity contribution >= 4 is 38.4 Å². The lowest BCUT2D eigenvalue weighted by molar-refractivity contribution is 0.102. The number of carbonyl (C=O) groups is 1. The van der Waals surface area contributed by atoms with Crippen LogP contribution in [0.15, 0.2) is 57.9 Å². The Morgan fingerprint density at radius 1 is 1.22 bits per heavy atom. The first kappa shape index (κ1) is 15.5. The van der Waals surface area contributed by atoms with E-state index in [-0.39, 0.29) is 11.0 Å². The largest absolute Gasteiger partial charge is 0.360 e. The first-order valence-electron chi connectivity index (χ1n) is 7.30. The third kappa shape index (κ3) is 3.05. The number of H-pyrrole nitrogens is 1. The van der Waals surface area contributed by atoms with Crippen LogP contribution in [0.1, 0.15) is 22.8 Å². The molecule has 0 aliphatic heterocycles. The Labute approximate surface area is 141 Å². The van der Waals surface area contributed by atoms with Crippen molar-refractivity contribution in [3.63, 3.8) is 0 Å². The van der Waals surface area contributed by atoms with Crippen LogP contribution < -0.4 is 10.7 Å². The van der Waals surface area contributed by atoms with Crippen LogP contribution in [-0.4, -0.2) is 10.9 Å². The number of aryl methyl sites for hydroxylation is 1. The van der Waals surface area contributed by atoms with Crippen LogP contribution in [0.3, 0.4) is 0 Å². The Bertz CT molecular complexity index is 947. The van der Waals surface area contributed by atoms with Gasteiger partial charge in [0, 0.05) is 27.3 Å². The molecule has 0 saturated carbocycles. The number of aromatic amines is 1. The molecule has 4 nitrogen and oxygen atoms in total. The van der Waals surface area contributed by atoms with Gasteiger partial charge in [0.1, 0.15) is 5.56 Å². The first-order valence-corrected chi connectivity index (χ1v) is 8.09. The predicted molar refractivity (Wildman–Crippen MR) is 96.0 cm³/mol. The van der Waals surface area contributed by atoms with Gasteiger partial charge in [-0.05, 0) is 42.3 Å². The fraction of sp³-hybridized carbons (Fsp3) is 0.111. The van der Waals surface area contributed by atoms with Crippen LogP contribution in [0, 0.1) is 0 Å². The van der Waals surface area contributed by atoms with E-state index in [9.17, 15) is 9.59 Å². The van der Waals surface area contributed by atoms with Gasteiger partial charge in [-0.2, -0.15) is 0 Å². The molecule has 0 spiro atoms. The molecule has 0 saturated heterocycles. The van der Waals surface area contributed by atoms with Gasteiger partial charge in [0.05, 0.1) is 0 Å². The van der Waals surface area contributed by atoms with E-state index in [2.05, 4.69) is 26.2 Å². The van der Waals surface area contributed by atoms with Crippen molar-refractivity contribution in [2.24, 2.45) is 0 Å². The number of hydrogen-bond acceptors (Lipinski definition) is 2. The Morgan fingerprint density at radius 2 is 2.00 bits per heavy atom. The molecule has 0 atom stereocenters. The van der Waals surface area contributed by atoms with Crippen molar-refractivity contribution in [1.29, 1.82) is 0 Å². The lowest BCUT2D eigenvalue weighted by Crippen LogP contribution is -2.22. The van der Waals surface area contributed by atoms with Gasteiger partial charge >= 0.3 is 0 Å². The van der Waals surface area contributed by atoms with Crippen molar-refractivity contribution in [2.75, 3.05) is 5.32 Å². The van der Waals surface area contributed by atoms with Gasteiger partial charge in [-0.15, -0.1) is 0 Å². The second kappa shape index (κ2) is 6.38. The summed E-state index contributed by atoms with van der Waals surface area (Å²) in [5, 5.41) is 3.34. The second-order valence-electron chi connectivity index (χ2n) is 5.19. The van der Waals surface area contributed by atoms with Crippen LogP contribution in [0.25, 0.3) is 10.9 Å². The number of para-hydroxylation sites is 1. The topological polar surface area (TPSA) is 62.0 Å². The lowest BCUT2D eigenvalue weighted by Gasteiger charge is -2.10. The van der Waals surface area contributed by atoms with Gasteiger partial charge in [-0.3, -0.25) is 9.59 Å². The summed E-state index contributed by atoms with van der Waals surface area (Å²) in [6.07, 6.45) is 2.24. The van der Waals surface area contributed by atoms with E-state index in [1.54, 1.807) is 12.1 Å². The van der Waals surface area contributed by atoms with Crippen molar-refractivity contribution in [2.45, 2.75) is 13.3 Å². The standard InChI is InChI=1S/C18H15BrN2O2/c1-2-11-9-12(19)7-8-15(11)21-18(23)14-10-20-16-6-4-3-5-13(16)17(14)22/h3-10H,2H2,1H3,(H,20,22)(H,21,23). The summed E-state index contributed by atoms with van der Waals surface area (Å²) in [7, 11) is 0. The zero-order chi connectivity index (χ0) is 16.4. The van der Waals surface area contributed by atoms with E-state index in [1.165, 1.54) is 6.20 Å². The second-order valence-corrected chi connectivity index (χ2v) is 6.10. The van der Waals surface area contributed by atoms with Gasteiger partial charge in [-0.1, -0.05) is 35.0 Å². The summed E-state index contributed by atoms with van der Waals surface area (Å²) in [4.78, 5) is 28.0. The molecule has 0 bridgehead atoms. The molecule has 1 amide bonds. The van der Waals surface area contributed by atoms with E-state index in [4.69, 9.17) is 0 Å². The normalized spacial score (nSPS) is 10.7. The predicted octanol–water partition coefficient (Wildman–Crippen LogP) is 4.11. The smallest absolute Gasteiger partial charge is 0.261 e. The number of nitrogens with one attached hydrogen (secondary N) is 2. The van der Waals surface area contributed by atoms with Crippen LogP contribution in [-0.2, 0) is 6.42 Å². The SMILES string of the molecule is CCc1cc(Br)ccc1NC(=O)c1c[nH]c2ccccc2c1=O. The van der Waals surface area contributed by atoms with Crippen LogP contribution >= 0.6 is 15.9 Å². The fourth-order valence-electron chi connectivity index (χ4n) is 2.50. The molecule has 2 N–H and O–H groups in total. The van der Waals surface area contributed by atoms with E-state index < -0.39 is 5.91 Å². The van der Waals surface area contributed by atoms with Gasteiger partial charge in [0.2, 0.25) is 5.43 Å². The molecule has 1 aromatic heterocycles. The number of benzene rings is 2.